The van der Waals surface area contributed by atoms with Crippen molar-refractivity contribution in [3.8, 4) is 0 Å². The quantitative estimate of drug-likeness (QED) is 0.830. The average Bonchev–Trinajstić information content (AvgIpc) is 2.20. The van der Waals surface area contributed by atoms with Crippen LogP contribution in [0.4, 0.5) is 13.2 Å². The zero-order chi connectivity index (χ0) is 14.3. The van der Waals surface area contributed by atoms with Gasteiger partial charge < -0.3 is 10.6 Å². The summed E-state index contributed by atoms with van der Waals surface area (Å²) < 4.78 is 34.8. The zero-order valence-corrected chi connectivity index (χ0v) is 11.4. The van der Waals surface area contributed by atoms with Crippen LogP contribution in [0.3, 0.4) is 0 Å². The molecule has 6 heteroatoms. The Hall–Kier alpha value is -0.780. The Morgan fingerprint density at radius 3 is 1.79 bits per heavy atom. The third kappa shape index (κ3) is 6.27. The Balaban J connectivity index is 0.000000218. The molecule has 2 saturated carbocycles. The first-order valence-electron chi connectivity index (χ1n) is 6.93. The van der Waals surface area contributed by atoms with Crippen LogP contribution in [0.1, 0.15) is 38.5 Å². The molecule has 2 aliphatic rings. The van der Waals surface area contributed by atoms with Crippen molar-refractivity contribution in [3.63, 3.8) is 0 Å². The summed E-state index contributed by atoms with van der Waals surface area (Å²) in [6, 6.07) is 0. The first-order chi connectivity index (χ1) is 8.93. The standard InChI is InChI=1S/C7H10F3NO.C6H13N/c8-7(9,10)6(12)11-4-5-2-1-3-5;1-7-5-6-3-2-4-6/h5H,1-4H2,(H,11,12);6-7H,2-5H2,1H3. The number of nitrogens with one attached hydrogen (secondary N) is 2. The smallest absolute Gasteiger partial charge is 0.348 e. The van der Waals surface area contributed by atoms with Gasteiger partial charge in [0.25, 0.3) is 0 Å². The van der Waals surface area contributed by atoms with E-state index in [1.807, 2.05) is 12.4 Å². The van der Waals surface area contributed by atoms with E-state index >= 15 is 0 Å². The minimum atomic E-state index is -4.73. The summed E-state index contributed by atoms with van der Waals surface area (Å²) in [5.74, 6) is -0.546. The van der Waals surface area contributed by atoms with Gasteiger partial charge in [0.05, 0.1) is 0 Å². The third-order valence-corrected chi connectivity index (χ3v) is 3.75. The van der Waals surface area contributed by atoms with Gasteiger partial charge in [0, 0.05) is 6.54 Å². The van der Waals surface area contributed by atoms with Crippen molar-refractivity contribution in [1.82, 2.24) is 10.6 Å². The van der Waals surface area contributed by atoms with Crippen molar-refractivity contribution in [3.05, 3.63) is 0 Å². The van der Waals surface area contributed by atoms with E-state index in [0.29, 0.717) is 0 Å². The number of alkyl halides is 3. The minimum Gasteiger partial charge on any atom is -0.348 e. The summed E-state index contributed by atoms with van der Waals surface area (Å²) in [6.45, 7) is 1.40. The van der Waals surface area contributed by atoms with Gasteiger partial charge in [-0.1, -0.05) is 12.8 Å². The summed E-state index contributed by atoms with van der Waals surface area (Å²) in [6.07, 6.45) is 2.57. The molecule has 0 bridgehead atoms. The number of hydrogen-bond donors (Lipinski definition) is 2. The van der Waals surface area contributed by atoms with E-state index in [4.69, 9.17) is 0 Å². The molecular formula is C13H23F3N2O. The molecule has 0 saturated heterocycles. The van der Waals surface area contributed by atoms with Crippen LogP contribution in [0.2, 0.25) is 0 Å². The Kier molecular flexibility index (Phi) is 6.62. The summed E-state index contributed by atoms with van der Waals surface area (Å²) >= 11 is 0. The highest BCUT2D eigenvalue weighted by atomic mass is 19.4. The van der Waals surface area contributed by atoms with E-state index in [0.717, 1.165) is 25.2 Å². The highest BCUT2D eigenvalue weighted by Crippen LogP contribution is 2.26. The van der Waals surface area contributed by atoms with Gasteiger partial charge in [-0.05, 0) is 51.1 Å². The van der Waals surface area contributed by atoms with Gasteiger partial charge in [0.2, 0.25) is 0 Å². The molecular weight excluding hydrogens is 257 g/mol. The van der Waals surface area contributed by atoms with E-state index < -0.39 is 12.1 Å². The molecule has 0 heterocycles. The second kappa shape index (κ2) is 7.72. The maximum atomic E-state index is 11.6. The van der Waals surface area contributed by atoms with Crippen LogP contribution in [-0.4, -0.2) is 32.2 Å². The first-order valence-corrected chi connectivity index (χ1v) is 6.93. The van der Waals surface area contributed by atoms with E-state index in [9.17, 15) is 18.0 Å². The van der Waals surface area contributed by atoms with Crippen molar-refractivity contribution in [1.29, 1.82) is 0 Å². The van der Waals surface area contributed by atoms with Gasteiger partial charge in [0.1, 0.15) is 0 Å². The number of carbonyl (C=O) groups is 1. The van der Waals surface area contributed by atoms with Gasteiger partial charge in [-0.25, -0.2) is 0 Å². The van der Waals surface area contributed by atoms with Crippen molar-refractivity contribution < 1.29 is 18.0 Å². The van der Waals surface area contributed by atoms with Crippen molar-refractivity contribution in [2.24, 2.45) is 11.8 Å². The van der Waals surface area contributed by atoms with Crippen LogP contribution < -0.4 is 10.6 Å². The van der Waals surface area contributed by atoms with E-state index in [1.54, 1.807) is 0 Å². The third-order valence-electron chi connectivity index (χ3n) is 3.75. The monoisotopic (exact) mass is 280 g/mol. The van der Waals surface area contributed by atoms with Crippen LogP contribution in [0.15, 0.2) is 0 Å². The van der Waals surface area contributed by atoms with Crippen molar-refractivity contribution in [2.45, 2.75) is 44.7 Å². The molecule has 3 nitrogen and oxygen atoms in total. The largest absolute Gasteiger partial charge is 0.471 e. The maximum Gasteiger partial charge on any atom is 0.471 e. The fourth-order valence-electron chi connectivity index (χ4n) is 2.02. The van der Waals surface area contributed by atoms with Crippen LogP contribution >= 0.6 is 0 Å². The normalized spacial score (nSPS) is 19.8. The summed E-state index contributed by atoms with van der Waals surface area (Å²) in [5.41, 5.74) is 0. The number of halogens is 3. The molecule has 0 aromatic rings. The molecule has 1 amide bonds. The summed E-state index contributed by atoms with van der Waals surface area (Å²) in [4.78, 5) is 10.3. The van der Waals surface area contributed by atoms with E-state index in [-0.39, 0.29) is 12.5 Å². The Bertz CT molecular complexity index is 274. The molecule has 2 rings (SSSR count). The number of carbonyl (C=O) groups excluding carboxylic acids is 1. The number of hydrogen-bond acceptors (Lipinski definition) is 2. The molecule has 112 valence electrons. The first kappa shape index (κ1) is 16.3. The fourth-order valence-corrected chi connectivity index (χ4v) is 2.02. The Morgan fingerprint density at radius 1 is 1.05 bits per heavy atom. The van der Waals surface area contributed by atoms with Crippen molar-refractivity contribution >= 4 is 5.91 Å². The summed E-state index contributed by atoms with van der Waals surface area (Å²) in [7, 11) is 2.03. The van der Waals surface area contributed by atoms with Gasteiger partial charge in [-0.15, -0.1) is 0 Å². The second-order valence-corrected chi connectivity index (χ2v) is 5.36. The number of rotatable bonds is 4. The molecule has 0 radical (unpaired) electrons. The molecule has 2 aliphatic carbocycles. The Morgan fingerprint density at radius 2 is 1.53 bits per heavy atom. The fraction of sp³-hybridized carbons (Fsp3) is 0.923. The lowest BCUT2D eigenvalue weighted by molar-refractivity contribution is -0.173. The van der Waals surface area contributed by atoms with Gasteiger partial charge >= 0.3 is 12.1 Å². The van der Waals surface area contributed by atoms with Crippen LogP contribution in [0.25, 0.3) is 0 Å². The molecule has 0 aliphatic heterocycles. The SMILES string of the molecule is CNCC1CCC1.O=C(NCC1CCC1)C(F)(F)F. The van der Waals surface area contributed by atoms with Crippen LogP contribution in [-0.2, 0) is 4.79 Å². The predicted octanol–water partition coefficient (Wildman–Crippen LogP) is 2.47. The number of amides is 1. The van der Waals surface area contributed by atoms with Gasteiger partial charge in [-0.2, -0.15) is 13.2 Å². The van der Waals surface area contributed by atoms with E-state index in [2.05, 4.69) is 5.32 Å². The van der Waals surface area contributed by atoms with Crippen LogP contribution in [0.5, 0.6) is 0 Å². The van der Waals surface area contributed by atoms with Crippen molar-refractivity contribution in [2.75, 3.05) is 20.1 Å². The Labute approximate surface area is 112 Å². The molecule has 0 unspecified atom stereocenters. The molecule has 0 aromatic heterocycles. The highest BCUT2D eigenvalue weighted by Gasteiger charge is 2.38. The molecule has 0 spiro atoms. The second-order valence-electron chi connectivity index (χ2n) is 5.36. The topological polar surface area (TPSA) is 41.1 Å². The predicted molar refractivity (Wildman–Crippen MR) is 67.7 cm³/mol. The lowest BCUT2D eigenvalue weighted by Crippen LogP contribution is -2.40. The van der Waals surface area contributed by atoms with Crippen LogP contribution in [0, 0.1) is 11.8 Å². The average molecular weight is 280 g/mol. The molecule has 2 N–H and O–H groups in total. The lowest BCUT2D eigenvalue weighted by Gasteiger charge is -2.25. The highest BCUT2D eigenvalue weighted by molar-refractivity contribution is 5.81. The summed E-state index contributed by atoms with van der Waals surface area (Å²) in [5, 5.41) is 5.03. The molecule has 19 heavy (non-hydrogen) atoms. The lowest BCUT2D eigenvalue weighted by atomic mass is 9.85. The minimum absolute atomic E-state index is 0.165. The molecule has 2 fully saturated rings. The molecule has 0 atom stereocenters. The molecule has 0 aromatic carbocycles. The van der Waals surface area contributed by atoms with Gasteiger partial charge in [0.15, 0.2) is 0 Å². The van der Waals surface area contributed by atoms with E-state index in [1.165, 1.54) is 25.8 Å². The zero-order valence-electron chi connectivity index (χ0n) is 11.4. The van der Waals surface area contributed by atoms with Gasteiger partial charge in [-0.3, -0.25) is 4.79 Å². The maximum absolute atomic E-state index is 11.6.